The molecule has 3 aromatic rings. The lowest BCUT2D eigenvalue weighted by molar-refractivity contribution is -0.123. The minimum atomic E-state index is -0.321. The summed E-state index contributed by atoms with van der Waals surface area (Å²) in [5.74, 6) is 0.749. The quantitative estimate of drug-likeness (QED) is 0.302. The number of rotatable bonds is 7. The van der Waals surface area contributed by atoms with Crippen molar-refractivity contribution < 1.29 is 19.1 Å². The van der Waals surface area contributed by atoms with Gasteiger partial charge < -0.3 is 9.47 Å². The highest BCUT2D eigenvalue weighted by molar-refractivity contribution is 9.10. The zero-order chi connectivity index (χ0) is 23.4. The number of imide groups is 1. The molecular formula is C25H19BrClNO4S. The molecule has 0 unspecified atom stereocenters. The number of methoxy groups -OCH3 is 1. The highest BCUT2D eigenvalue weighted by Crippen LogP contribution is 2.36. The summed E-state index contributed by atoms with van der Waals surface area (Å²) in [6, 6.07) is 20.3. The number of nitrogens with zero attached hydrogens (tertiary/aromatic N) is 1. The molecule has 0 aromatic heterocycles. The molecule has 0 aliphatic carbocycles. The second-order valence-corrected chi connectivity index (χ2v) is 9.40. The van der Waals surface area contributed by atoms with Crippen LogP contribution >= 0.6 is 39.3 Å². The standard InChI is InChI=1S/C25H19BrClNO4S/c1-31-22-12-16(10-11-21(22)32-15-18-7-3-5-9-20(18)27)13-23-24(29)28(25(30)33-23)14-17-6-2-4-8-19(17)26/h2-13H,14-15H2,1H3/b23-13+. The van der Waals surface area contributed by atoms with Crippen LogP contribution in [0.4, 0.5) is 4.79 Å². The molecule has 1 saturated heterocycles. The summed E-state index contributed by atoms with van der Waals surface area (Å²) in [6.45, 7) is 0.505. The number of carbonyl (C=O) groups is 2. The molecule has 2 amide bonds. The van der Waals surface area contributed by atoms with Gasteiger partial charge in [0.15, 0.2) is 11.5 Å². The van der Waals surface area contributed by atoms with Crippen LogP contribution in [0.25, 0.3) is 6.08 Å². The van der Waals surface area contributed by atoms with Gasteiger partial charge in [-0.1, -0.05) is 70.0 Å². The minimum absolute atomic E-state index is 0.210. The van der Waals surface area contributed by atoms with E-state index >= 15 is 0 Å². The van der Waals surface area contributed by atoms with Gasteiger partial charge in [-0.05, 0) is 53.2 Å². The van der Waals surface area contributed by atoms with Gasteiger partial charge in [0, 0.05) is 15.1 Å². The SMILES string of the molecule is COc1cc(/C=C2/SC(=O)N(Cc3ccccc3Br)C2=O)ccc1OCc1ccccc1Cl. The maximum atomic E-state index is 12.9. The van der Waals surface area contributed by atoms with Gasteiger partial charge >= 0.3 is 0 Å². The number of benzene rings is 3. The first-order valence-corrected chi connectivity index (χ1v) is 12.0. The van der Waals surface area contributed by atoms with Gasteiger partial charge in [-0.2, -0.15) is 0 Å². The summed E-state index contributed by atoms with van der Waals surface area (Å²) < 4.78 is 12.2. The fraction of sp³-hybridized carbons (Fsp3) is 0.120. The first-order chi connectivity index (χ1) is 16.0. The van der Waals surface area contributed by atoms with E-state index in [2.05, 4.69) is 15.9 Å². The topological polar surface area (TPSA) is 55.8 Å². The molecule has 168 valence electrons. The molecule has 0 atom stereocenters. The van der Waals surface area contributed by atoms with Crippen molar-refractivity contribution in [3.05, 3.63) is 97.8 Å². The Kier molecular flexibility index (Phi) is 7.42. The van der Waals surface area contributed by atoms with Crippen molar-refractivity contribution in [2.45, 2.75) is 13.2 Å². The van der Waals surface area contributed by atoms with Gasteiger partial charge in [0.1, 0.15) is 6.61 Å². The Morgan fingerprint density at radius 1 is 1.00 bits per heavy atom. The molecule has 0 spiro atoms. The number of halogens is 2. The van der Waals surface area contributed by atoms with E-state index in [4.69, 9.17) is 21.1 Å². The Labute approximate surface area is 209 Å². The van der Waals surface area contributed by atoms with E-state index in [1.54, 1.807) is 25.3 Å². The van der Waals surface area contributed by atoms with Crippen LogP contribution in [-0.2, 0) is 17.9 Å². The molecular weight excluding hydrogens is 526 g/mol. The van der Waals surface area contributed by atoms with Crippen LogP contribution in [0.2, 0.25) is 5.02 Å². The number of thioether (sulfide) groups is 1. The van der Waals surface area contributed by atoms with Gasteiger partial charge in [-0.3, -0.25) is 14.5 Å². The van der Waals surface area contributed by atoms with Gasteiger partial charge in [0.2, 0.25) is 0 Å². The van der Waals surface area contributed by atoms with E-state index in [-0.39, 0.29) is 17.7 Å². The molecule has 1 fully saturated rings. The monoisotopic (exact) mass is 543 g/mol. The van der Waals surface area contributed by atoms with E-state index < -0.39 is 0 Å². The summed E-state index contributed by atoms with van der Waals surface area (Å²) in [6.07, 6.45) is 1.69. The van der Waals surface area contributed by atoms with E-state index in [0.29, 0.717) is 28.0 Å². The van der Waals surface area contributed by atoms with E-state index in [0.717, 1.165) is 32.9 Å². The van der Waals surface area contributed by atoms with Crippen LogP contribution in [0.1, 0.15) is 16.7 Å². The molecule has 8 heteroatoms. The van der Waals surface area contributed by atoms with Crippen LogP contribution in [0, 0.1) is 0 Å². The summed E-state index contributed by atoms with van der Waals surface area (Å²) in [4.78, 5) is 27.0. The van der Waals surface area contributed by atoms with Crippen LogP contribution in [0.5, 0.6) is 11.5 Å². The van der Waals surface area contributed by atoms with Crippen molar-refractivity contribution in [1.82, 2.24) is 4.90 Å². The number of hydrogen-bond acceptors (Lipinski definition) is 5. The first-order valence-electron chi connectivity index (χ1n) is 9.99. The van der Waals surface area contributed by atoms with E-state index in [1.165, 1.54) is 4.90 Å². The van der Waals surface area contributed by atoms with Crippen molar-refractivity contribution in [2.24, 2.45) is 0 Å². The Morgan fingerprint density at radius 3 is 2.45 bits per heavy atom. The number of amides is 2. The molecule has 0 bridgehead atoms. The van der Waals surface area contributed by atoms with Crippen molar-refractivity contribution >= 4 is 56.5 Å². The second kappa shape index (κ2) is 10.5. The molecule has 0 saturated carbocycles. The number of ether oxygens (including phenoxy) is 2. The molecule has 4 rings (SSSR count). The highest BCUT2D eigenvalue weighted by Gasteiger charge is 2.35. The summed E-state index contributed by atoms with van der Waals surface area (Å²) in [5, 5.41) is 0.333. The molecule has 0 radical (unpaired) electrons. The molecule has 3 aromatic carbocycles. The third-order valence-corrected chi connectivity index (χ3v) is 7.04. The lowest BCUT2D eigenvalue weighted by atomic mass is 10.1. The lowest BCUT2D eigenvalue weighted by Gasteiger charge is -2.13. The fourth-order valence-electron chi connectivity index (χ4n) is 3.25. The van der Waals surface area contributed by atoms with Crippen molar-refractivity contribution in [1.29, 1.82) is 0 Å². The Hall–Kier alpha value is -2.74. The van der Waals surface area contributed by atoms with Gasteiger partial charge in [-0.25, -0.2) is 0 Å². The van der Waals surface area contributed by atoms with Crippen molar-refractivity contribution in [3.8, 4) is 11.5 Å². The number of carbonyl (C=O) groups excluding carboxylic acids is 2. The predicted octanol–water partition coefficient (Wildman–Crippen LogP) is 6.93. The van der Waals surface area contributed by atoms with Crippen LogP contribution in [0.3, 0.4) is 0 Å². The fourth-order valence-corrected chi connectivity index (χ4v) is 4.69. The smallest absolute Gasteiger partial charge is 0.293 e. The molecule has 1 aliphatic rings. The average molecular weight is 545 g/mol. The van der Waals surface area contributed by atoms with E-state index in [9.17, 15) is 9.59 Å². The lowest BCUT2D eigenvalue weighted by Crippen LogP contribution is -2.27. The summed E-state index contributed by atoms with van der Waals surface area (Å²) >= 11 is 10.6. The van der Waals surface area contributed by atoms with Gasteiger partial charge in [-0.15, -0.1) is 0 Å². The zero-order valence-electron chi connectivity index (χ0n) is 17.6. The second-order valence-electron chi connectivity index (χ2n) is 7.15. The molecule has 1 heterocycles. The third-order valence-electron chi connectivity index (χ3n) is 4.99. The summed E-state index contributed by atoms with van der Waals surface area (Å²) in [7, 11) is 1.55. The molecule has 33 heavy (non-hydrogen) atoms. The van der Waals surface area contributed by atoms with Crippen molar-refractivity contribution in [2.75, 3.05) is 7.11 Å². The Balaban J connectivity index is 1.50. The van der Waals surface area contributed by atoms with Crippen LogP contribution in [0.15, 0.2) is 76.1 Å². The van der Waals surface area contributed by atoms with E-state index in [1.807, 2.05) is 54.6 Å². The third kappa shape index (κ3) is 5.43. The number of hydrogen-bond donors (Lipinski definition) is 0. The minimum Gasteiger partial charge on any atom is -0.493 e. The maximum absolute atomic E-state index is 12.9. The van der Waals surface area contributed by atoms with Gasteiger partial charge in [0.25, 0.3) is 11.1 Å². The van der Waals surface area contributed by atoms with Gasteiger partial charge in [0.05, 0.1) is 18.6 Å². The highest BCUT2D eigenvalue weighted by atomic mass is 79.9. The first kappa shape index (κ1) is 23.4. The van der Waals surface area contributed by atoms with Crippen LogP contribution < -0.4 is 9.47 Å². The molecule has 5 nitrogen and oxygen atoms in total. The normalized spacial score (nSPS) is 14.8. The Bertz CT molecular complexity index is 1250. The maximum Gasteiger partial charge on any atom is 0.293 e. The molecule has 0 N–H and O–H groups in total. The summed E-state index contributed by atoms with van der Waals surface area (Å²) in [5.41, 5.74) is 2.45. The van der Waals surface area contributed by atoms with Crippen molar-refractivity contribution in [3.63, 3.8) is 0 Å². The van der Waals surface area contributed by atoms with Crippen LogP contribution in [-0.4, -0.2) is 23.2 Å². The predicted molar refractivity (Wildman–Crippen MR) is 134 cm³/mol. The Morgan fingerprint density at radius 2 is 1.73 bits per heavy atom. The zero-order valence-corrected chi connectivity index (χ0v) is 20.7. The average Bonchev–Trinajstić information content (AvgIpc) is 3.07. The molecule has 1 aliphatic heterocycles. The largest absolute Gasteiger partial charge is 0.493 e.